The number of aromatic nitrogens is 5. The highest BCUT2D eigenvalue weighted by atomic mass is 35.5. The number of benzene rings is 2. The summed E-state index contributed by atoms with van der Waals surface area (Å²) < 4.78 is 8.68. The van der Waals surface area contributed by atoms with Gasteiger partial charge in [0.1, 0.15) is 12.1 Å². The molecule has 0 unspecified atom stereocenters. The van der Waals surface area contributed by atoms with Crippen LogP contribution in [0.3, 0.4) is 0 Å². The van der Waals surface area contributed by atoms with Crippen LogP contribution >= 0.6 is 34.8 Å². The predicted molar refractivity (Wildman–Crippen MR) is 118 cm³/mol. The molecular weight excluding hydrogens is 463 g/mol. The predicted octanol–water partition coefficient (Wildman–Crippen LogP) is 4.77. The van der Waals surface area contributed by atoms with Crippen molar-refractivity contribution in [1.29, 1.82) is 0 Å². The van der Waals surface area contributed by atoms with Crippen molar-refractivity contribution in [1.82, 2.24) is 24.5 Å². The van der Waals surface area contributed by atoms with Gasteiger partial charge in [0.2, 0.25) is 5.95 Å². The zero-order chi connectivity index (χ0) is 21.8. The Balaban J connectivity index is 1.33. The SMILES string of the molecule is O=C(Nc1ncn(Cc2ccc(Cl)c(Cl)c2)n1)c1ccn(COc2ccc(Cl)cc2)n1. The molecule has 1 N–H and O–H groups in total. The molecule has 8 nitrogen and oxygen atoms in total. The van der Waals surface area contributed by atoms with Crippen LogP contribution in [0.2, 0.25) is 15.1 Å². The zero-order valence-electron chi connectivity index (χ0n) is 15.9. The van der Waals surface area contributed by atoms with Crippen molar-refractivity contribution >= 4 is 46.7 Å². The van der Waals surface area contributed by atoms with Gasteiger partial charge in [0, 0.05) is 11.2 Å². The third-order valence-electron chi connectivity index (χ3n) is 4.14. The maximum absolute atomic E-state index is 12.4. The van der Waals surface area contributed by atoms with Crippen LogP contribution in [-0.2, 0) is 13.3 Å². The summed E-state index contributed by atoms with van der Waals surface area (Å²) in [5.41, 5.74) is 1.11. The van der Waals surface area contributed by atoms with Gasteiger partial charge in [0.05, 0.1) is 16.6 Å². The van der Waals surface area contributed by atoms with Gasteiger partial charge in [-0.05, 0) is 48.0 Å². The summed E-state index contributed by atoms with van der Waals surface area (Å²) >= 11 is 17.8. The standard InChI is InChI=1S/C20H15Cl3N6O2/c21-14-2-4-15(5-3-14)31-12-28-8-7-18(26-28)19(30)25-20-24-11-29(27-20)10-13-1-6-16(22)17(23)9-13/h1-9,11H,10,12H2,(H,25,27,30). The Labute approximate surface area is 192 Å². The number of halogens is 3. The molecule has 4 rings (SSSR count). The van der Waals surface area contributed by atoms with Gasteiger partial charge in [-0.3, -0.25) is 10.1 Å². The third kappa shape index (κ3) is 5.55. The normalized spacial score (nSPS) is 10.8. The van der Waals surface area contributed by atoms with Crippen molar-refractivity contribution in [3.05, 3.63) is 87.4 Å². The van der Waals surface area contributed by atoms with Gasteiger partial charge in [0.25, 0.3) is 5.91 Å². The maximum atomic E-state index is 12.4. The van der Waals surface area contributed by atoms with Crippen molar-refractivity contribution in [2.24, 2.45) is 0 Å². The minimum atomic E-state index is -0.433. The molecule has 0 atom stereocenters. The molecule has 31 heavy (non-hydrogen) atoms. The fraction of sp³-hybridized carbons (Fsp3) is 0.100. The van der Waals surface area contributed by atoms with E-state index < -0.39 is 5.91 Å². The average Bonchev–Trinajstić information content (AvgIpc) is 3.40. The molecule has 4 aromatic rings. The van der Waals surface area contributed by atoms with Crippen LogP contribution in [0.4, 0.5) is 5.95 Å². The second kappa shape index (κ2) is 9.38. The first-order valence-corrected chi connectivity index (χ1v) is 10.2. The number of hydrogen-bond acceptors (Lipinski definition) is 5. The molecule has 0 aliphatic heterocycles. The topological polar surface area (TPSA) is 86.9 Å². The summed E-state index contributed by atoms with van der Waals surface area (Å²) in [6.45, 7) is 0.571. The number of carbonyl (C=O) groups is 1. The molecule has 0 spiro atoms. The van der Waals surface area contributed by atoms with Crippen LogP contribution in [0.5, 0.6) is 5.75 Å². The molecule has 2 aromatic heterocycles. The molecule has 0 fully saturated rings. The monoisotopic (exact) mass is 476 g/mol. The van der Waals surface area contributed by atoms with E-state index in [2.05, 4.69) is 20.5 Å². The van der Waals surface area contributed by atoms with E-state index in [-0.39, 0.29) is 18.4 Å². The summed E-state index contributed by atoms with van der Waals surface area (Å²) in [6, 6.07) is 13.8. The fourth-order valence-corrected chi connectivity index (χ4v) is 3.09. The van der Waals surface area contributed by atoms with Crippen molar-refractivity contribution in [2.75, 3.05) is 5.32 Å². The summed E-state index contributed by atoms with van der Waals surface area (Å²) in [6.07, 6.45) is 3.15. The van der Waals surface area contributed by atoms with E-state index in [0.717, 1.165) is 5.56 Å². The highest BCUT2D eigenvalue weighted by Crippen LogP contribution is 2.23. The molecule has 0 saturated carbocycles. The van der Waals surface area contributed by atoms with Crippen LogP contribution in [0, 0.1) is 0 Å². The number of nitrogens with zero attached hydrogens (tertiary/aromatic N) is 5. The lowest BCUT2D eigenvalue weighted by Crippen LogP contribution is -2.15. The van der Waals surface area contributed by atoms with E-state index in [1.165, 1.54) is 11.0 Å². The number of hydrogen-bond donors (Lipinski definition) is 1. The second-order valence-electron chi connectivity index (χ2n) is 6.44. The number of amides is 1. The molecule has 0 aliphatic rings. The first kappa shape index (κ1) is 21.2. The number of nitrogens with one attached hydrogen (secondary N) is 1. The molecule has 2 heterocycles. The molecule has 0 saturated heterocycles. The lowest BCUT2D eigenvalue weighted by atomic mass is 10.2. The van der Waals surface area contributed by atoms with Crippen LogP contribution in [0.1, 0.15) is 16.1 Å². The summed E-state index contributed by atoms with van der Waals surface area (Å²) in [5.74, 6) is 0.372. The number of carbonyl (C=O) groups excluding carboxylic acids is 1. The largest absolute Gasteiger partial charge is 0.471 e. The van der Waals surface area contributed by atoms with Crippen LogP contribution in [-0.4, -0.2) is 30.5 Å². The van der Waals surface area contributed by atoms with E-state index in [9.17, 15) is 4.79 Å². The van der Waals surface area contributed by atoms with E-state index in [4.69, 9.17) is 39.5 Å². The van der Waals surface area contributed by atoms with Crippen molar-refractivity contribution in [3.63, 3.8) is 0 Å². The lowest BCUT2D eigenvalue weighted by molar-refractivity contribution is 0.101. The van der Waals surface area contributed by atoms with Crippen molar-refractivity contribution in [3.8, 4) is 5.75 Å². The Kier molecular flexibility index (Phi) is 6.41. The Morgan fingerprint density at radius 1 is 0.968 bits per heavy atom. The highest BCUT2D eigenvalue weighted by Gasteiger charge is 2.13. The third-order valence-corrected chi connectivity index (χ3v) is 5.13. The summed E-state index contributed by atoms with van der Waals surface area (Å²) in [7, 11) is 0. The Morgan fingerprint density at radius 2 is 1.77 bits per heavy atom. The molecule has 2 aromatic carbocycles. The molecule has 1 amide bonds. The highest BCUT2D eigenvalue weighted by molar-refractivity contribution is 6.42. The lowest BCUT2D eigenvalue weighted by Gasteiger charge is -2.05. The molecular formula is C20H15Cl3N6O2. The van der Waals surface area contributed by atoms with Gasteiger partial charge in [-0.2, -0.15) is 5.10 Å². The smallest absolute Gasteiger partial charge is 0.278 e. The first-order chi connectivity index (χ1) is 15.0. The van der Waals surface area contributed by atoms with Crippen molar-refractivity contribution < 1.29 is 9.53 Å². The van der Waals surface area contributed by atoms with Gasteiger partial charge in [0.15, 0.2) is 12.4 Å². The fourth-order valence-electron chi connectivity index (χ4n) is 2.64. The summed E-state index contributed by atoms with van der Waals surface area (Å²) in [5, 5.41) is 12.6. The van der Waals surface area contributed by atoms with E-state index in [1.807, 2.05) is 6.07 Å². The summed E-state index contributed by atoms with van der Waals surface area (Å²) in [4.78, 5) is 16.5. The van der Waals surface area contributed by atoms with Gasteiger partial charge >= 0.3 is 0 Å². The van der Waals surface area contributed by atoms with E-state index in [1.54, 1.807) is 53.3 Å². The number of anilines is 1. The average molecular weight is 478 g/mol. The molecule has 158 valence electrons. The number of ether oxygens (including phenoxy) is 1. The second-order valence-corrected chi connectivity index (χ2v) is 7.69. The quantitative estimate of drug-likeness (QED) is 0.414. The minimum Gasteiger partial charge on any atom is -0.471 e. The van der Waals surface area contributed by atoms with Crippen LogP contribution in [0.25, 0.3) is 0 Å². The van der Waals surface area contributed by atoms with E-state index in [0.29, 0.717) is 27.4 Å². The maximum Gasteiger partial charge on any atom is 0.278 e. The Hall–Kier alpha value is -3.07. The van der Waals surface area contributed by atoms with Crippen LogP contribution < -0.4 is 10.1 Å². The zero-order valence-corrected chi connectivity index (χ0v) is 18.1. The Bertz CT molecular complexity index is 1210. The molecule has 0 radical (unpaired) electrons. The van der Waals surface area contributed by atoms with Gasteiger partial charge < -0.3 is 4.74 Å². The number of rotatable bonds is 7. The Morgan fingerprint density at radius 3 is 2.55 bits per heavy atom. The molecule has 0 bridgehead atoms. The molecule has 0 aliphatic carbocycles. The van der Waals surface area contributed by atoms with Crippen LogP contribution in [0.15, 0.2) is 61.1 Å². The van der Waals surface area contributed by atoms with Gasteiger partial charge in [-0.1, -0.05) is 40.9 Å². The van der Waals surface area contributed by atoms with Gasteiger partial charge in [-0.15, -0.1) is 5.10 Å². The van der Waals surface area contributed by atoms with E-state index >= 15 is 0 Å². The minimum absolute atomic E-state index is 0.144. The molecule has 11 heteroatoms. The van der Waals surface area contributed by atoms with Crippen molar-refractivity contribution in [2.45, 2.75) is 13.3 Å². The first-order valence-electron chi connectivity index (χ1n) is 9.03. The van der Waals surface area contributed by atoms with Gasteiger partial charge in [-0.25, -0.2) is 14.3 Å².